The second-order valence-electron chi connectivity index (χ2n) is 4.51. The van der Waals surface area contributed by atoms with Crippen molar-refractivity contribution >= 4 is 11.3 Å². The quantitative estimate of drug-likeness (QED) is 0.802. The van der Waals surface area contributed by atoms with E-state index in [0.717, 1.165) is 5.01 Å². The fourth-order valence-corrected chi connectivity index (χ4v) is 1.89. The van der Waals surface area contributed by atoms with E-state index in [1.54, 1.807) is 6.20 Å². The third kappa shape index (κ3) is 3.04. The molecule has 1 heterocycles. The number of hydrogen-bond donors (Lipinski definition) is 2. The van der Waals surface area contributed by atoms with Gasteiger partial charge in [-0.05, 0) is 5.41 Å². The average molecular weight is 215 g/mol. The van der Waals surface area contributed by atoms with E-state index in [1.165, 1.54) is 11.3 Å². The molecule has 14 heavy (non-hydrogen) atoms. The van der Waals surface area contributed by atoms with Crippen LogP contribution in [0.15, 0.2) is 11.6 Å². The van der Waals surface area contributed by atoms with Crippen molar-refractivity contribution in [1.82, 2.24) is 4.98 Å². The molecule has 1 rings (SSSR count). The molecule has 0 amide bonds. The highest BCUT2D eigenvalue weighted by atomic mass is 32.1. The zero-order valence-electron chi connectivity index (χ0n) is 8.77. The van der Waals surface area contributed by atoms with E-state index in [2.05, 4.69) is 4.98 Å². The van der Waals surface area contributed by atoms with Crippen molar-refractivity contribution in [1.29, 1.82) is 0 Å². The van der Waals surface area contributed by atoms with E-state index < -0.39 is 12.2 Å². The van der Waals surface area contributed by atoms with Crippen molar-refractivity contribution in [3.63, 3.8) is 0 Å². The molecular weight excluding hydrogens is 198 g/mol. The smallest absolute Gasteiger partial charge is 0.0951 e. The summed E-state index contributed by atoms with van der Waals surface area (Å²) in [5, 5.41) is 22.3. The van der Waals surface area contributed by atoms with Gasteiger partial charge in [-0.15, -0.1) is 11.3 Å². The summed E-state index contributed by atoms with van der Waals surface area (Å²) < 4.78 is 0. The largest absolute Gasteiger partial charge is 0.390 e. The van der Waals surface area contributed by atoms with Gasteiger partial charge in [0.15, 0.2) is 0 Å². The van der Waals surface area contributed by atoms with E-state index in [4.69, 9.17) is 0 Å². The molecule has 0 aromatic carbocycles. The highest BCUT2D eigenvalue weighted by Gasteiger charge is 2.29. The normalized spacial score (nSPS) is 16.6. The van der Waals surface area contributed by atoms with E-state index >= 15 is 0 Å². The maximum absolute atomic E-state index is 9.78. The van der Waals surface area contributed by atoms with Gasteiger partial charge in [0.05, 0.1) is 17.2 Å². The molecule has 0 spiro atoms. The summed E-state index contributed by atoms with van der Waals surface area (Å²) in [6, 6.07) is 0. The van der Waals surface area contributed by atoms with Crippen LogP contribution in [-0.4, -0.2) is 27.4 Å². The predicted molar refractivity (Wildman–Crippen MR) is 57.3 cm³/mol. The molecule has 4 heteroatoms. The van der Waals surface area contributed by atoms with Gasteiger partial charge < -0.3 is 10.2 Å². The summed E-state index contributed by atoms with van der Waals surface area (Å²) in [6.45, 7) is 5.72. The number of rotatable bonds is 3. The van der Waals surface area contributed by atoms with Crippen LogP contribution in [0.25, 0.3) is 0 Å². The van der Waals surface area contributed by atoms with Crippen LogP contribution in [0.4, 0.5) is 0 Å². The maximum atomic E-state index is 9.78. The molecule has 1 aromatic heterocycles. The molecule has 0 aliphatic rings. The zero-order valence-corrected chi connectivity index (χ0v) is 9.58. The van der Waals surface area contributed by atoms with Crippen LogP contribution in [0, 0.1) is 5.41 Å². The lowest BCUT2D eigenvalue weighted by atomic mass is 9.85. The van der Waals surface area contributed by atoms with Gasteiger partial charge in [0, 0.05) is 18.0 Å². The first-order chi connectivity index (χ1) is 6.41. The minimum Gasteiger partial charge on any atom is -0.390 e. The van der Waals surface area contributed by atoms with E-state index in [0.29, 0.717) is 6.42 Å². The molecular formula is C10H17NO2S. The highest BCUT2D eigenvalue weighted by molar-refractivity contribution is 7.09. The second kappa shape index (κ2) is 4.38. The Balaban J connectivity index is 2.54. The van der Waals surface area contributed by atoms with Crippen molar-refractivity contribution < 1.29 is 10.2 Å². The number of thiazole rings is 1. The fraction of sp³-hybridized carbons (Fsp3) is 0.700. The molecule has 0 aliphatic carbocycles. The van der Waals surface area contributed by atoms with Crippen molar-refractivity contribution in [2.45, 2.75) is 39.4 Å². The first kappa shape index (κ1) is 11.6. The van der Waals surface area contributed by atoms with Crippen LogP contribution in [0.1, 0.15) is 25.8 Å². The maximum Gasteiger partial charge on any atom is 0.0951 e. The Kier molecular flexibility index (Phi) is 3.64. The summed E-state index contributed by atoms with van der Waals surface area (Å²) in [6.07, 6.45) is 0.680. The summed E-state index contributed by atoms with van der Waals surface area (Å²) >= 11 is 1.50. The molecule has 0 saturated carbocycles. The van der Waals surface area contributed by atoms with Gasteiger partial charge in [-0.25, -0.2) is 4.98 Å². The van der Waals surface area contributed by atoms with Crippen LogP contribution < -0.4 is 0 Å². The van der Waals surface area contributed by atoms with E-state index in [-0.39, 0.29) is 5.41 Å². The first-order valence-corrected chi connectivity index (χ1v) is 5.53. The standard InChI is InChI=1S/C10H17NO2S/c1-10(2,3)9(13)7(12)6-8-11-4-5-14-8/h4-5,7,9,12-13H,6H2,1-3H3. The molecule has 2 N–H and O–H groups in total. The lowest BCUT2D eigenvalue weighted by Gasteiger charge is -2.29. The Morgan fingerprint density at radius 1 is 1.43 bits per heavy atom. The SMILES string of the molecule is CC(C)(C)C(O)C(O)Cc1nccs1. The number of aromatic nitrogens is 1. The van der Waals surface area contributed by atoms with Gasteiger partial charge >= 0.3 is 0 Å². The third-order valence-corrected chi connectivity index (χ3v) is 2.92. The lowest BCUT2D eigenvalue weighted by Crippen LogP contribution is -2.38. The summed E-state index contributed by atoms with van der Waals surface area (Å²) in [4.78, 5) is 4.07. The third-order valence-electron chi connectivity index (χ3n) is 2.12. The van der Waals surface area contributed by atoms with Gasteiger partial charge in [-0.1, -0.05) is 20.8 Å². The topological polar surface area (TPSA) is 53.4 Å². The second-order valence-corrected chi connectivity index (χ2v) is 5.49. The molecule has 0 radical (unpaired) electrons. The highest BCUT2D eigenvalue weighted by Crippen LogP contribution is 2.23. The summed E-state index contributed by atoms with van der Waals surface area (Å²) in [5.41, 5.74) is -0.295. The Morgan fingerprint density at radius 2 is 2.07 bits per heavy atom. The van der Waals surface area contributed by atoms with E-state index in [1.807, 2.05) is 26.2 Å². The molecule has 0 saturated heterocycles. The molecule has 0 bridgehead atoms. The molecule has 1 aromatic rings. The molecule has 3 nitrogen and oxygen atoms in total. The van der Waals surface area contributed by atoms with Crippen LogP contribution in [0.2, 0.25) is 0 Å². The van der Waals surface area contributed by atoms with Gasteiger partial charge in [0.25, 0.3) is 0 Å². The Hall–Kier alpha value is -0.450. The predicted octanol–water partition coefficient (Wildman–Crippen LogP) is 1.45. The number of aliphatic hydroxyl groups excluding tert-OH is 2. The lowest BCUT2D eigenvalue weighted by molar-refractivity contribution is -0.0434. The monoisotopic (exact) mass is 215 g/mol. The molecule has 0 aliphatic heterocycles. The Morgan fingerprint density at radius 3 is 2.50 bits per heavy atom. The van der Waals surface area contributed by atoms with Gasteiger partial charge in [0.2, 0.25) is 0 Å². The summed E-state index contributed by atoms with van der Waals surface area (Å²) in [5.74, 6) is 0. The van der Waals surface area contributed by atoms with Gasteiger partial charge in [-0.3, -0.25) is 0 Å². The Bertz CT molecular complexity index is 266. The van der Waals surface area contributed by atoms with Crippen molar-refractivity contribution in [2.24, 2.45) is 5.41 Å². The van der Waals surface area contributed by atoms with Crippen LogP contribution in [0.5, 0.6) is 0 Å². The summed E-state index contributed by atoms with van der Waals surface area (Å²) in [7, 11) is 0. The van der Waals surface area contributed by atoms with Crippen molar-refractivity contribution in [3.8, 4) is 0 Å². The van der Waals surface area contributed by atoms with Gasteiger partial charge in [-0.2, -0.15) is 0 Å². The minimum atomic E-state index is -0.735. The van der Waals surface area contributed by atoms with E-state index in [9.17, 15) is 10.2 Å². The number of aliphatic hydroxyl groups is 2. The number of nitrogens with zero attached hydrogens (tertiary/aromatic N) is 1. The van der Waals surface area contributed by atoms with Crippen molar-refractivity contribution in [2.75, 3.05) is 0 Å². The van der Waals surface area contributed by atoms with Crippen LogP contribution in [0.3, 0.4) is 0 Å². The minimum absolute atomic E-state index is 0.295. The van der Waals surface area contributed by atoms with Gasteiger partial charge in [0.1, 0.15) is 0 Å². The molecule has 2 atom stereocenters. The van der Waals surface area contributed by atoms with Crippen LogP contribution in [-0.2, 0) is 6.42 Å². The fourth-order valence-electron chi connectivity index (χ4n) is 1.22. The molecule has 2 unspecified atom stereocenters. The zero-order chi connectivity index (χ0) is 10.8. The average Bonchev–Trinajstić information content (AvgIpc) is 2.53. The Labute approximate surface area is 88.4 Å². The molecule has 0 fully saturated rings. The van der Waals surface area contributed by atoms with Crippen LogP contribution >= 0.6 is 11.3 Å². The molecule has 80 valence electrons. The van der Waals surface area contributed by atoms with Crippen molar-refractivity contribution in [3.05, 3.63) is 16.6 Å². The first-order valence-electron chi connectivity index (χ1n) is 4.66. The number of hydrogen-bond acceptors (Lipinski definition) is 4.